The van der Waals surface area contributed by atoms with Crippen LogP contribution < -0.4 is 10.6 Å². The number of carbonyl (C=O) groups excluding carboxylic acids is 1. The number of thiazole rings is 1. The molecule has 7 nitrogen and oxygen atoms in total. The van der Waals surface area contributed by atoms with Crippen molar-refractivity contribution in [1.82, 2.24) is 24.9 Å². The molecule has 0 unspecified atom stereocenters. The Morgan fingerprint density at radius 3 is 2.77 bits per heavy atom. The molecular weight excluding hydrogens is 532 g/mol. The zero-order valence-electron chi connectivity index (χ0n) is 22.5. The average Bonchev–Trinajstić information content (AvgIpc) is 3.69. The number of fused-ring (bicyclic) bond motifs is 3. The Balaban J connectivity index is 1.20. The van der Waals surface area contributed by atoms with Gasteiger partial charge in [0.15, 0.2) is 4.96 Å². The van der Waals surface area contributed by atoms with Crippen LogP contribution in [0.2, 0.25) is 0 Å². The zero-order chi connectivity index (χ0) is 27.6. The standard InChI is InChI=1S/C30H35F2N5O2S/c31-21-8-14-36(15-9-21)13-2-12-34-29(39)20-5-7-25-27(18-20)40-30-35-28(26(10-16-38)37(25)30)22-6-4-19(17-23(22)32)24-3-1-11-33-24/h4-7,17-18,21,24,33,38H,1-3,8-16H2,(H,34,39)/t24-/m0/s1. The van der Waals surface area contributed by atoms with Crippen molar-refractivity contribution in [2.45, 2.75) is 50.7 Å². The molecule has 6 rings (SSSR count). The number of likely N-dealkylation sites (tertiary alicyclic amines) is 1. The smallest absolute Gasteiger partial charge is 0.251 e. The van der Waals surface area contributed by atoms with E-state index in [9.17, 15) is 14.3 Å². The van der Waals surface area contributed by atoms with Crippen molar-refractivity contribution in [3.05, 3.63) is 59.0 Å². The fourth-order valence-corrected chi connectivity index (χ4v) is 7.04. The number of aromatic nitrogens is 2. The van der Waals surface area contributed by atoms with E-state index in [0.29, 0.717) is 47.6 Å². The van der Waals surface area contributed by atoms with Crippen LogP contribution >= 0.6 is 11.3 Å². The monoisotopic (exact) mass is 567 g/mol. The third-order valence-electron chi connectivity index (χ3n) is 8.12. The topological polar surface area (TPSA) is 81.9 Å². The highest BCUT2D eigenvalue weighted by Crippen LogP contribution is 2.36. The molecule has 0 radical (unpaired) electrons. The van der Waals surface area contributed by atoms with Crippen LogP contribution in [0.15, 0.2) is 36.4 Å². The minimum atomic E-state index is -0.677. The second-order valence-corrected chi connectivity index (χ2v) is 11.8. The normalized spacial score (nSPS) is 18.7. The molecule has 10 heteroatoms. The number of piperidine rings is 1. The van der Waals surface area contributed by atoms with E-state index in [-0.39, 0.29) is 24.4 Å². The summed E-state index contributed by atoms with van der Waals surface area (Å²) in [6, 6.07) is 11.1. The Morgan fingerprint density at radius 2 is 2.02 bits per heavy atom. The highest BCUT2D eigenvalue weighted by atomic mass is 32.1. The highest BCUT2D eigenvalue weighted by Gasteiger charge is 2.23. The summed E-state index contributed by atoms with van der Waals surface area (Å²) in [4.78, 5) is 20.6. The van der Waals surface area contributed by atoms with Crippen LogP contribution in [0.4, 0.5) is 8.78 Å². The summed E-state index contributed by atoms with van der Waals surface area (Å²) in [5.74, 6) is -0.447. The molecular formula is C30H35F2N5O2S. The van der Waals surface area contributed by atoms with E-state index < -0.39 is 6.17 Å². The zero-order valence-corrected chi connectivity index (χ0v) is 23.3. The van der Waals surface area contributed by atoms with Crippen molar-refractivity contribution in [2.24, 2.45) is 0 Å². The Kier molecular flexibility index (Phi) is 8.11. The number of alkyl halides is 1. The molecule has 3 N–H and O–H groups in total. The van der Waals surface area contributed by atoms with Gasteiger partial charge in [-0.2, -0.15) is 0 Å². The van der Waals surface area contributed by atoms with Crippen LogP contribution in [-0.4, -0.2) is 70.8 Å². The lowest BCUT2D eigenvalue weighted by Gasteiger charge is -2.28. The molecule has 2 aliphatic rings. The maximum atomic E-state index is 15.4. The van der Waals surface area contributed by atoms with Crippen molar-refractivity contribution >= 4 is 32.4 Å². The van der Waals surface area contributed by atoms with Crippen molar-refractivity contribution in [3.63, 3.8) is 0 Å². The first kappa shape index (κ1) is 27.3. The van der Waals surface area contributed by atoms with Gasteiger partial charge in [-0.15, -0.1) is 0 Å². The molecule has 212 valence electrons. The largest absolute Gasteiger partial charge is 0.396 e. The second-order valence-electron chi connectivity index (χ2n) is 10.8. The highest BCUT2D eigenvalue weighted by molar-refractivity contribution is 7.23. The van der Waals surface area contributed by atoms with E-state index in [4.69, 9.17) is 4.98 Å². The number of carbonyl (C=O) groups is 1. The predicted molar refractivity (Wildman–Crippen MR) is 154 cm³/mol. The average molecular weight is 568 g/mol. The lowest BCUT2D eigenvalue weighted by atomic mass is 10.0. The van der Waals surface area contributed by atoms with E-state index in [1.165, 1.54) is 11.3 Å². The van der Waals surface area contributed by atoms with E-state index in [2.05, 4.69) is 15.5 Å². The summed E-state index contributed by atoms with van der Waals surface area (Å²) in [6.07, 6.45) is 3.75. The van der Waals surface area contributed by atoms with Gasteiger partial charge in [0.25, 0.3) is 5.91 Å². The molecule has 0 bridgehead atoms. The van der Waals surface area contributed by atoms with Crippen molar-refractivity contribution in [2.75, 3.05) is 39.3 Å². The molecule has 2 aromatic heterocycles. The van der Waals surface area contributed by atoms with Gasteiger partial charge in [0, 0.05) is 49.8 Å². The van der Waals surface area contributed by atoms with Crippen molar-refractivity contribution in [3.8, 4) is 11.3 Å². The number of hydrogen-bond acceptors (Lipinski definition) is 6. The molecule has 2 saturated heterocycles. The van der Waals surface area contributed by atoms with Gasteiger partial charge in [0.2, 0.25) is 0 Å². The number of hydrogen-bond donors (Lipinski definition) is 3. The number of nitrogens with zero attached hydrogens (tertiary/aromatic N) is 3. The third-order valence-corrected chi connectivity index (χ3v) is 9.12. The SMILES string of the molecule is O=C(NCCCN1CCC(F)CC1)c1ccc2c(c1)sc1nc(-c3ccc([C@@H]4CCCN4)cc3F)c(CCO)n12. The molecule has 0 aliphatic carbocycles. The van der Waals surface area contributed by atoms with Gasteiger partial charge >= 0.3 is 0 Å². The van der Waals surface area contributed by atoms with E-state index in [1.807, 2.05) is 22.6 Å². The summed E-state index contributed by atoms with van der Waals surface area (Å²) >= 11 is 1.45. The number of halogens is 2. The van der Waals surface area contributed by atoms with Gasteiger partial charge in [-0.25, -0.2) is 13.8 Å². The summed E-state index contributed by atoms with van der Waals surface area (Å²) in [6.45, 7) is 3.83. The van der Waals surface area contributed by atoms with Crippen LogP contribution in [0, 0.1) is 5.82 Å². The van der Waals surface area contributed by atoms with Crippen LogP contribution in [0.3, 0.4) is 0 Å². The maximum Gasteiger partial charge on any atom is 0.251 e. The van der Waals surface area contributed by atoms with Gasteiger partial charge in [0.05, 0.1) is 21.6 Å². The molecule has 0 spiro atoms. The van der Waals surface area contributed by atoms with Gasteiger partial charge in [0.1, 0.15) is 12.0 Å². The quantitative estimate of drug-likeness (QED) is 0.252. The fraction of sp³-hybridized carbons (Fsp3) is 0.467. The second kappa shape index (κ2) is 11.9. The molecule has 2 aliphatic heterocycles. The number of imidazole rings is 1. The Labute approximate surface area is 236 Å². The van der Waals surface area contributed by atoms with E-state index in [1.54, 1.807) is 18.2 Å². The number of nitrogens with one attached hydrogen (secondary N) is 2. The number of amides is 1. The van der Waals surface area contributed by atoms with E-state index in [0.717, 1.165) is 66.9 Å². The maximum absolute atomic E-state index is 15.4. The number of aliphatic hydroxyl groups excluding tert-OH is 1. The lowest BCUT2D eigenvalue weighted by Crippen LogP contribution is -2.36. The van der Waals surface area contributed by atoms with Crippen molar-refractivity contribution < 1.29 is 18.7 Å². The molecule has 1 atom stereocenters. The molecule has 1 amide bonds. The van der Waals surface area contributed by atoms with Crippen LogP contribution in [0.1, 0.15) is 59.8 Å². The first-order valence-corrected chi connectivity index (χ1v) is 15.1. The fourth-order valence-electron chi connectivity index (χ4n) is 5.96. The van der Waals surface area contributed by atoms with Gasteiger partial charge in [-0.05, 0) is 81.1 Å². The molecule has 40 heavy (non-hydrogen) atoms. The van der Waals surface area contributed by atoms with Crippen LogP contribution in [-0.2, 0) is 6.42 Å². The molecule has 2 fully saturated rings. The first-order valence-electron chi connectivity index (χ1n) is 14.2. The Hall–Kier alpha value is -2.92. The summed E-state index contributed by atoms with van der Waals surface area (Å²) in [5.41, 5.74) is 4.12. The molecule has 2 aromatic carbocycles. The van der Waals surface area contributed by atoms with Gasteiger partial charge in [-0.1, -0.05) is 17.4 Å². The number of aliphatic hydroxyl groups is 1. The van der Waals surface area contributed by atoms with Gasteiger partial charge < -0.3 is 20.6 Å². The Bertz CT molecular complexity index is 1510. The number of rotatable bonds is 9. The molecule has 4 heterocycles. The Morgan fingerprint density at radius 1 is 1.18 bits per heavy atom. The first-order chi connectivity index (χ1) is 19.5. The lowest BCUT2D eigenvalue weighted by molar-refractivity contribution is 0.0950. The third kappa shape index (κ3) is 5.50. The summed E-state index contributed by atoms with van der Waals surface area (Å²) in [5, 5.41) is 16.2. The van der Waals surface area contributed by atoms with Crippen LogP contribution in [0.25, 0.3) is 26.4 Å². The van der Waals surface area contributed by atoms with Crippen molar-refractivity contribution in [1.29, 1.82) is 0 Å². The predicted octanol–water partition coefficient (Wildman–Crippen LogP) is 4.87. The minimum absolute atomic E-state index is 0.0872. The summed E-state index contributed by atoms with van der Waals surface area (Å²) in [7, 11) is 0. The molecule has 4 aromatic rings. The van der Waals surface area contributed by atoms with E-state index >= 15 is 4.39 Å². The summed E-state index contributed by atoms with van der Waals surface area (Å²) < 4.78 is 31.5. The molecule has 0 saturated carbocycles. The minimum Gasteiger partial charge on any atom is -0.396 e. The number of benzene rings is 2. The van der Waals surface area contributed by atoms with Crippen LogP contribution in [0.5, 0.6) is 0 Å². The van der Waals surface area contributed by atoms with Gasteiger partial charge in [-0.3, -0.25) is 9.20 Å².